The zero-order valence-electron chi connectivity index (χ0n) is 19.2. The Balaban J connectivity index is -0.000000585. The summed E-state index contributed by atoms with van der Waals surface area (Å²) in [4.78, 5) is 0. The van der Waals surface area contributed by atoms with Crippen molar-refractivity contribution in [2.24, 2.45) is 5.92 Å². The van der Waals surface area contributed by atoms with Crippen molar-refractivity contribution >= 4 is 18.2 Å². The van der Waals surface area contributed by atoms with Crippen molar-refractivity contribution in [2.45, 2.75) is 75.7 Å². The van der Waals surface area contributed by atoms with Gasteiger partial charge in [0.2, 0.25) is 0 Å². The lowest BCUT2D eigenvalue weighted by molar-refractivity contribution is 0.765. The van der Waals surface area contributed by atoms with Gasteiger partial charge in [-0.2, -0.15) is 0 Å². The summed E-state index contributed by atoms with van der Waals surface area (Å²) in [5.41, 5.74) is 4.00. The summed E-state index contributed by atoms with van der Waals surface area (Å²) in [6, 6.07) is 4.57. The Kier molecular flexibility index (Phi) is 21.7. The van der Waals surface area contributed by atoms with Gasteiger partial charge in [0.1, 0.15) is 0 Å². The van der Waals surface area contributed by atoms with Gasteiger partial charge in [-0.25, -0.2) is 0 Å². The average Bonchev–Trinajstić information content (AvgIpc) is 2.77. The number of hydrogen-bond donors (Lipinski definition) is 0. The number of hydrogen-bond acceptors (Lipinski definition) is 0. The molecule has 0 N–H and O–H groups in total. The molecule has 0 spiro atoms. The molecule has 0 heteroatoms. The molecule has 2 rings (SSSR count). The summed E-state index contributed by atoms with van der Waals surface area (Å²) >= 11 is 0. The quantitative estimate of drug-likeness (QED) is 0.487. The van der Waals surface area contributed by atoms with Gasteiger partial charge in [0.25, 0.3) is 0 Å². The molecule has 0 bridgehead atoms. The monoisotopic (exact) mass is 356 g/mol. The molecule has 0 aromatic heterocycles. The van der Waals surface area contributed by atoms with Crippen molar-refractivity contribution < 1.29 is 0 Å². The van der Waals surface area contributed by atoms with E-state index in [1.807, 2.05) is 67.5 Å². The van der Waals surface area contributed by atoms with E-state index in [0.717, 1.165) is 6.42 Å². The zero-order chi connectivity index (χ0) is 21.1. The van der Waals surface area contributed by atoms with Crippen LogP contribution in [-0.4, -0.2) is 0 Å². The highest BCUT2D eigenvalue weighted by Gasteiger charge is 2.16. The Morgan fingerprint density at radius 3 is 1.65 bits per heavy atom. The van der Waals surface area contributed by atoms with Gasteiger partial charge in [-0.3, -0.25) is 0 Å². The van der Waals surface area contributed by atoms with Crippen LogP contribution in [0, 0.1) is 5.92 Å². The lowest BCUT2D eigenvalue weighted by Crippen LogP contribution is -2.27. The van der Waals surface area contributed by atoms with Crippen molar-refractivity contribution in [3.05, 3.63) is 64.6 Å². The normalized spacial score (nSPS) is 15.0. The summed E-state index contributed by atoms with van der Waals surface area (Å²) < 4.78 is 0. The number of rotatable bonds is 2. The molecule has 0 nitrogen and oxygen atoms in total. The van der Waals surface area contributed by atoms with Gasteiger partial charge in [-0.15, -0.1) is 6.58 Å². The van der Waals surface area contributed by atoms with E-state index in [1.54, 1.807) is 0 Å². The van der Waals surface area contributed by atoms with Crippen LogP contribution in [0.4, 0.5) is 0 Å². The average molecular weight is 357 g/mol. The third kappa shape index (κ3) is 8.52. The molecule has 1 aliphatic rings. The minimum Gasteiger partial charge on any atom is -0.102 e. The Hall–Kier alpha value is -1.82. The topological polar surface area (TPSA) is 0 Å². The predicted molar refractivity (Wildman–Crippen MR) is 127 cm³/mol. The molecule has 0 amide bonds. The van der Waals surface area contributed by atoms with E-state index in [0.29, 0.717) is 5.92 Å². The molecule has 1 aromatic carbocycles. The molecule has 0 saturated carbocycles. The van der Waals surface area contributed by atoms with Gasteiger partial charge >= 0.3 is 0 Å². The van der Waals surface area contributed by atoms with Crippen LogP contribution in [0.2, 0.25) is 0 Å². The maximum atomic E-state index is 3.93. The fourth-order valence-corrected chi connectivity index (χ4v) is 2.58. The van der Waals surface area contributed by atoms with Crippen molar-refractivity contribution in [2.75, 3.05) is 0 Å². The predicted octanol–water partition coefficient (Wildman–Crippen LogP) is 7.32. The summed E-state index contributed by atoms with van der Waals surface area (Å²) in [5.74, 6) is 0.399. The molecule has 148 valence electrons. The van der Waals surface area contributed by atoms with Crippen molar-refractivity contribution in [1.82, 2.24) is 0 Å². The molecule has 1 aromatic rings. The lowest BCUT2D eigenvalue weighted by Gasteiger charge is -2.21. The second-order valence-electron chi connectivity index (χ2n) is 4.65. The first-order valence-electron chi connectivity index (χ1n) is 10.5. The highest BCUT2D eigenvalue weighted by atomic mass is 14.2. The van der Waals surface area contributed by atoms with Crippen LogP contribution in [0.15, 0.2) is 43.0 Å². The molecule has 1 unspecified atom stereocenters. The van der Waals surface area contributed by atoms with Crippen LogP contribution in [0.1, 0.15) is 80.4 Å². The third-order valence-electron chi connectivity index (χ3n) is 3.68. The fourth-order valence-electron chi connectivity index (χ4n) is 2.58. The van der Waals surface area contributed by atoms with Crippen molar-refractivity contribution in [3.8, 4) is 0 Å². The number of allylic oxidation sites excluding steroid dienone is 3. The van der Waals surface area contributed by atoms with Crippen LogP contribution in [0.25, 0.3) is 18.2 Å². The van der Waals surface area contributed by atoms with E-state index in [9.17, 15) is 0 Å². The molecule has 26 heavy (non-hydrogen) atoms. The van der Waals surface area contributed by atoms with E-state index < -0.39 is 0 Å². The summed E-state index contributed by atoms with van der Waals surface area (Å²) in [7, 11) is 0. The van der Waals surface area contributed by atoms with E-state index in [4.69, 9.17) is 0 Å². The van der Waals surface area contributed by atoms with Crippen LogP contribution in [0.3, 0.4) is 0 Å². The highest BCUT2D eigenvalue weighted by Crippen LogP contribution is 2.28. The van der Waals surface area contributed by atoms with E-state index >= 15 is 0 Å². The largest absolute Gasteiger partial charge is 0.102 e. The molecular formula is C26H44. The van der Waals surface area contributed by atoms with Crippen LogP contribution in [0.5, 0.6) is 0 Å². The van der Waals surface area contributed by atoms with E-state index in [-0.39, 0.29) is 0 Å². The summed E-state index contributed by atoms with van der Waals surface area (Å²) in [6.45, 7) is 28.0. The summed E-state index contributed by atoms with van der Waals surface area (Å²) in [5, 5.41) is 2.61. The third-order valence-corrected chi connectivity index (χ3v) is 3.68. The van der Waals surface area contributed by atoms with E-state index in [1.165, 1.54) is 27.1 Å². The van der Waals surface area contributed by atoms with Crippen LogP contribution in [-0.2, 0) is 6.42 Å². The van der Waals surface area contributed by atoms with Crippen molar-refractivity contribution in [3.63, 3.8) is 0 Å². The van der Waals surface area contributed by atoms with Crippen LogP contribution >= 0.6 is 0 Å². The minimum absolute atomic E-state index is 0.399. The van der Waals surface area contributed by atoms with Gasteiger partial charge < -0.3 is 0 Å². The minimum atomic E-state index is 0.399. The highest BCUT2D eigenvalue weighted by molar-refractivity contribution is 5.64. The maximum absolute atomic E-state index is 3.93. The molecule has 1 atom stereocenters. The maximum Gasteiger partial charge on any atom is 0.00559 e. The Bertz CT molecular complexity index is 627. The second-order valence-corrected chi connectivity index (χ2v) is 4.65. The van der Waals surface area contributed by atoms with E-state index in [2.05, 4.69) is 57.4 Å². The fraction of sp³-hybridized carbons (Fsp3) is 0.462. The Labute approximate surface area is 164 Å². The number of fused-ring (bicyclic) bond motifs is 1. The smallest absolute Gasteiger partial charge is 0.00559 e. The van der Waals surface area contributed by atoms with Crippen molar-refractivity contribution in [1.29, 1.82) is 0 Å². The SMILES string of the molecule is C=CC1=Cc2cc(=C/C)/c(=C\C)cc2CC1C=C.CC.CC.CC.CC. The number of benzene rings is 1. The van der Waals surface area contributed by atoms with Gasteiger partial charge in [0.05, 0.1) is 0 Å². The van der Waals surface area contributed by atoms with Gasteiger partial charge in [0.15, 0.2) is 0 Å². The molecule has 1 aliphatic carbocycles. The first kappa shape index (κ1) is 29.0. The molecular weight excluding hydrogens is 312 g/mol. The first-order valence-corrected chi connectivity index (χ1v) is 10.5. The van der Waals surface area contributed by atoms with Gasteiger partial charge in [-0.05, 0) is 53.5 Å². The van der Waals surface area contributed by atoms with Crippen LogP contribution < -0.4 is 10.4 Å². The Morgan fingerprint density at radius 2 is 1.27 bits per heavy atom. The molecule has 0 aliphatic heterocycles. The van der Waals surface area contributed by atoms with Gasteiger partial charge in [-0.1, -0.05) is 98.4 Å². The lowest BCUT2D eigenvalue weighted by atomic mass is 9.83. The summed E-state index contributed by atoms with van der Waals surface area (Å²) in [6.07, 6.45) is 11.6. The molecule has 0 fully saturated rings. The molecule has 0 radical (unpaired) electrons. The second kappa shape index (κ2) is 19.5. The Morgan fingerprint density at radius 1 is 0.808 bits per heavy atom. The van der Waals surface area contributed by atoms with Gasteiger partial charge in [0, 0.05) is 5.92 Å². The molecule has 0 saturated heterocycles. The standard InChI is InChI=1S/C18H20.4C2H6/c1-5-13-9-17-11-15(7-3)16(8-4)12-18(17)10-14(13)6-2;4*1-2/h5-9,11-12,14H,1-2,10H2,3-4H3;4*1-2H3/b15-7-,16-8-;;;;. The zero-order valence-corrected chi connectivity index (χ0v) is 19.2. The first-order chi connectivity index (χ1) is 12.7. The molecule has 0 heterocycles.